The number of rotatable bonds is 8. The number of amides is 1. The van der Waals surface area contributed by atoms with Crippen molar-refractivity contribution in [3.63, 3.8) is 0 Å². The van der Waals surface area contributed by atoms with Crippen molar-refractivity contribution >= 4 is 30.7 Å². The summed E-state index contributed by atoms with van der Waals surface area (Å²) in [5, 5.41) is 3.08. The summed E-state index contributed by atoms with van der Waals surface area (Å²) in [6, 6.07) is 0.0970. The third kappa shape index (κ3) is 5.20. The molecule has 0 spiro atoms. The van der Waals surface area contributed by atoms with Gasteiger partial charge in [0.1, 0.15) is 5.54 Å². The van der Waals surface area contributed by atoms with Crippen LogP contribution in [-0.4, -0.2) is 54.7 Å². The average Bonchev–Trinajstić information content (AvgIpc) is 2.44. The van der Waals surface area contributed by atoms with E-state index in [9.17, 15) is 4.79 Å². The Morgan fingerprint density at radius 1 is 1.30 bits per heavy atom. The molecular formula is C16H35Cl2N3O2. The van der Waals surface area contributed by atoms with E-state index < -0.39 is 5.54 Å². The summed E-state index contributed by atoms with van der Waals surface area (Å²) in [6.45, 7) is 15.8. The Kier molecular flexibility index (Phi) is 11.0. The molecule has 0 aromatic carbocycles. The van der Waals surface area contributed by atoms with E-state index in [0.717, 1.165) is 19.6 Å². The smallest absolute Gasteiger partial charge is 0.241 e. The molecule has 23 heavy (non-hydrogen) atoms. The molecule has 3 atom stereocenters. The van der Waals surface area contributed by atoms with Crippen LogP contribution in [0.2, 0.25) is 0 Å². The molecule has 3 N–H and O–H groups in total. The van der Waals surface area contributed by atoms with Crippen molar-refractivity contribution < 1.29 is 9.53 Å². The van der Waals surface area contributed by atoms with Crippen molar-refractivity contribution in [3.8, 4) is 0 Å². The highest BCUT2D eigenvalue weighted by Gasteiger charge is 2.62. The van der Waals surface area contributed by atoms with E-state index in [4.69, 9.17) is 10.5 Å². The van der Waals surface area contributed by atoms with Gasteiger partial charge >= 0.3 is 0 Å². The van der Waals surface area contributed by atoms with Crippen molar-refractivity contribution in [2.75, 3.05) is 26.2 Å². The van der Waals surface area contributed by atoms with Crippen LogP contribution in [0.5, 0.6) is 0 Å². The summed E-state index contributed by atoms with van der Waals surface area (Å²) in [5.41, 5.74) is 5.22. The minimum absolute atomic E-state index is 0. The van der Waals surface area contributed by atoms with Crippen LogP contribution >= 0.6 is 24.8 Å². The number of nitrogens with zero attached hydrogens (tertiary/aromatic N) is 1. The van der Waals surface area contributed by atoms with Crippen molar-refractivity contribution in [2.24, 2.45) is 11.1 Å². The van der Waals surface area contributed by atoms with Crippen molar-refractivity contribution in [2.45, 2.75) is 65.6 Å². The molecular weight excluding hydrogens is 337 g/mol. The Labute approximate surface area is 153 Å². The second-order valence-corrected chi connectivity index (χ2v) is 6.70. The predicted octanol–water partition coefficient (Wildman–Crippen LogP) is 2.21. The van der Waals surface area contributed by atoms with E-state index in [0.29, 0.717) is 13.0 Å². The molecule has 0 heterocycles. The van der Waals surface area contributed by atoms with Gasteiger partial charge in [-0.05, 0) is 26.9 Å². The van der Waals surface area contributed by atoms with Gasteiger partial charge in [0.15, 0.2) is 0 Å². The molecule has 140 valence electrons. The van der Waals surface area contributed by atoms with Gasteiger partial charge in [0.2, 0.25) is 5.91 Å². The zero-order chi connectivity index (χ0) is 16.3. The minimum atomic E-state index is -0.829. The van der Waals surface area contributed by atoms with E-state index in [2.05, 4.69) is 24.1 Å². The largest absolute Gasteiger partial charge is 0.378 e. The second-order valence-electron chi connectivity index (χ2n) is 6.70. The van der Waals surface area contributed by atoms with E-state index in [1.807, 2.05) is 27.7 Å². The molecule has 0 radical (unpaired) electrons. The highest BCUT2D eigenvalue weighted by molar-refractivity contribution is 5.89. The zero-order valence-corrected chi connectivity index (χ0v) is 17.0. The SMILES string of the molecule is CCOC1CC(N)(C(=O)NC(C)CN(CC)CC)C1(C)C.Cl.Cl. The maximum Gasteiger partial charge on any atom is 0.241 e. The third-order valence-electron chi connectivity index (χ3n) is 5.04. The topological polar surface area (TPSA) is 67.6 Å². The molecule has 0 aromatic heterocycles. The molecule has 5 nitrogen and oxygen atoms in total. The van der Waals surface area contributed by atoms with E-state index in [1.165, 1.54) is 0 Å². The number of nitrogens with one attached hydrogen (secondary N) is 1. The number of carbonyl (C=O) groups is 1. The molecule has 1 fully saturated rings. The number of hydrogen-bond acceptors (Lipinski definition) is 4. The lowest BCUT2D eigenvalue weighted by Crippen LogP contribution is -2.76. The first-order valence-electron chi connectivity index (χ1n) is 8.16. The van der Waals surface area contributed by atoms with Crippen LogP contribution in [0.15, 0.2) is 0 Å². The first kappa shape index (κ1) is 25.2. The molecule has 1 rings (SSSR count). The zero-order valence-electron chi connectivity index (χ0n) is 15.3. The molecule has 0 bridgehead atoms. The number of likely N-dealkylation sites (N-methyl/N-ethyl adjacent to an activating group) is 1. The summed E-state index contributed by atoms with van der Waals surface area (Å²) >= 11 is 0. The molecule has 0 saturated heterocycles. The van der Waals surface area contributed by atoms with E-state index in [-0.39, 0.29) is 48.3 Å². The third-order valence-corrected chi connectivity index (χ3v) is 5.04. The maximum atomic E-state index is 12.6. The fourth-order valence-corrected chi connectivity index (χ4v) is 3.09. The van der Waals surface area contributed by atoms with Crippen LogP contribution < -0.4 is 11.1 Å². The Morgan fingerprint density at radius 3 is 2.22 bits per heavy atom. The summed E-state index contributed by atoms with van der Waals surface area (Å²) in [6.07, 6.45) is 0.661. The van der Waals surface area contributed by atoms with Crippen LogP contribution in [0.4, 0.5) is 0 Å². The van der Waals surface area contributed by atoms with Gasteiger partial charge in [-0.25, -0.2) is 0 Å². The molecule has 7 heteroatoms. The Balaban J connectivity index is 0. The minimum Gasteiger partial charge on any atom is -0.378 e. The summed E-state index contributed by atoms with van der Waals surface area (Å²) in [5.74, 6) is -0.0527. The number of ether oxygens (including phenoxy) is 1. The van der Waals surface area contributed by atoms with Crippen LogP contribution in [0.3, 0.4) is 0 Å². The van der Waals surface area contributed by atoms with E-state index >= 15 is 0 Å². The molecule has 0 aromatic rings. The van der Waals surface area contributed by atoms with Gasteiger partial charge in [0, 0.05) is 31.0 Å². The summed E-state index contributed by atoms with van der Waals surface area (Å²) in [7, 11) is 0. The highest BCUT2D eigenvalue weighted by Crippen LogP contribution is 2.49. The van der Waals surface area contributed by atoms with Crippen molar-refractivity contribution in [1.29, 1.82) is 0 Å². The maximum absolute atomic E-state index is 12.6. The molecule has 1 aliphatic carbocycles. The first-order valence-corrected chi connectivity index (χ1v) is 8.16. The Bertz CT molecular complexity index is 365. The lowest BCUT2D eigenvalue weighted by Gasteiger charge is -2.57. The van der Waals surface area contributed by atoms with Gasteiger partial charge in [-0.1, -0.05) is 27.7 Å². The van der Waals surface area contributed by atoms with Gasteiger partial charge in [-0.15, -0.1) is 24.8 Å². The standard InChI is InChI=1S/C16H33N3O2.2ClH/c1-7-19(8-2)11-12(4)18-14(20)16(17)10-13(21-9-3)15(16,5)6;;/h12-13H,7-11,17H2,1-6H3,(H,18,20);2*1H. The van der Waals surface area contributed by atoms with E-state index in [1.54, 1.807) is 0 Å². The lowest BCUT2D eigenvalue weighted by molar-refractivity contribution is -0.171. The molecule has 3 unspecified atom stereocenters. The van der Waals surface area contributed by atoms with Gasteiger partial charge in [-0.2, -0.15) is 0 Å². The van der Waals surface area contributed by atoms with Crippen LogP contribution in [-0.2, 0) is 9.53 Å². The predicted molar refractivity (Wildman–Crippen MR) is 101 cm³/mol. The highest BCUT2D eigenvalue weighted by atomic mass is 35.5. The molecule has 0 aliphatic heterocycles. The van der Waals surface area contributed by atoms with Crippen LogP contribution in [0.1, 0.15) is 48.0 Å². The fourth-order valence-electron chi connectivity index (χ4n) is 3.09. The van der Waals surface area contributed by atoms with Crippen molar-refractivity contribution in [1.82, 2.24) is 10.2 Å². The van der Waals surface area contributed by atoms with Gasteiger partial charge in [-0.3, -0.25) is 4.79 Å². The summed E-state index contributed by atoms with van der Waals surface area (Å²) < 4.78 is 5.67. The van der Waals surface area contributed by atoms with Gasteiger partial charge in [0.05, 0.1) is 6.10 Å². The average molecular weight is 372 g/mol. The Hall–Kier alpha value is -0.0700. The Morgan fingerprint density at radius 2 is 1.83 bits per heavy atom. The number of nitrogens with two attached hydrogens (primary N) is 1. The fraction of sp³-hybridized carbons (Fsp3) is 0.938. The van der Waals surface area contributed by atoms with Gasteiger partial charge in [0.25, 0.3) is 0 Å². The first-order chi connectivity index (χ1) is 9.72. The molecule has 1 aliphatic rings. The molecule has 1 amide bonds. The normalized spacial score (nSPS) is 26.5. The van der Waals surface area contributed by atoms with Gasteiger partial charge < -0.3 is 20.7 Å². The van der Waals surface area contributed by atoms with Crippen LogP contribution in [0.25, 0.3) is 0 Å². The monoisotopic (exact) mass is 371 g/mol. The summed E-state index contributed by atoms with van der Waals surface area (Å²) in [4.78, 5) is 14.9. The number of halogens is 2. The molecule has 1 saturated carbocycles. The number of carbonyl (C=O) groups excluding carboxylic acids is 1. The lowest BCUT2D eigenvalue weighted by atomic mass is 9.54. The van der Waals surface area contributed by atoms with Crippen molar-refractivity contribution in [3.05, 3.63) is 0 Å². The number of hydrogen-bond donors (Lipinski definition) is 2. The quantitative estimate of drug-likeness (QED) is 0.686. The van der Waals surface area contributed by atoms with Crippen LogP contribution in [0, 0.1) is 5.41 Å². The second kappa shape index (κ2) is 10.0.